The molecule has 2 N–H and O–H groups in total. The molecule has 0 aromatic heterocycles. The molecule has 22 heavy (non-hydrogen) atoms. The third-order valence-electron chi connectivity index (χ3n) is 3.31. The number of rotatable bonds is 3. The van der Waals surface area contributed by atoms with Gasteiger partial charge in [0.25, 0.3) is 5.91 Å². The molecule has 1 fully saturated rings. The third kappa shape index (κ3) is 3.46. The van der Waals surface area contributed by atoms with Crippen LogP contribution in [-0.4, -0.2) is 11.4 Å². The number of hydrogen-bond acceptors (Lipinski definition) is 3. The summed E-state index contributed by atoms with van der Waals surface area (Å²) in [7, 11) is 0. The quantitative estimate of drug-likeness (QED) is 0.827. The minimum Gasteiger partial charge on any atom is -0.356 e. The standard InChI is InChI=1S/C17H15ClN2OS/c1-11-7-8-13(18)10-14(11)19-17-20-16(21)15(22-17)9-12-5-3-2-4-6-12/h2-10,17,19H,1H3,(H,20,21)/b15-9-. The van der Waals surface area contributed by atoms with Crippen molar-refractivity contribution >= 4 is 41.0 Å². The number of thioether (sulfide) groups is 1. The monoisotopic (exact) mass is 330 g/mol. The van der Waals surface area contributed by atoms with Crippen LogP contribution in [0.5, 0.6) is 0 Å². The first kappa shape index (κ1) is 15.0. The second kappa shape index (κ2) is 6.46. The second-order valence-corrected chi connectivity index (χ2v) is 6.58. The third-order valence-corrected chi connectivity index (χ3v) is 4.58. The van der Waals surface area contributed by atoms with Crippen molar-refractivity contribution in [1.82, 2.24) is 5.32 Å². The molecule has 0 bridgehead atoms. The predicted molar refractivity (Wildman–Crippen MR) is 93.8 cm³/mol. The summed E-state index contributed by atoms with van der Waals surface area (Å²) < 4.78 is 0. The number of amides is 1. The molecule has 1 aliphatic heterocycles. The van der Waals surface area contributed by atoms with E-state index in [-0.39, 0.29) is 11.4 Å². The average Bonchev–Trinajstić information content (AvgIpc) is 2.84. The van der Waals surface area contributed by atoms with E-state index in [4.69, 9.17) is 11.6 Å². The van der Waals surface area contributed by atoms with Crippen LogP contribution < -0.4 is 10.6 Å². The summed E-state index contributed by atoms with van der Waals surface area (Å²) in [6.45, 7) is 2.00. The summed E-state index contributed by atoms with van der Waals surface area (Å²) in [5.41, 5.74) is 2.82. The van der Waals surface area contributed by atoms with Crippen molar-refractivity contribution in [2.24, 2.45) is 0 Å². The highest BCUT2D eigenvalue weighted by molar-refractivity contribution is 8.05. The molecule has 1 unspecified atom stereocenters. The molecule has 1 atom stereocenters. The zero-order valence-electron chi connectivity index (χ0n) is 12.0. The molecule has 1 amide bonds. The first-order valence-corrected chi connectivity index (χ1v) is 8.14. The van der Waals surface area contributed by atoms with Crippen LogP contribution in [0.2, 0.25) is 5.02 Å². The van der Waals surface area contributed by atoms with Crippen molar-refractivity contribution in [2.45, 2.75) is 12.4 Å². The number of carbonyl (C=O) groups excluding carboxylic acids is 1. The Morgan fingerprint density at radius 1 is 1.23 bits per heavy atom. The molecule has 1 aliphatic rings. The molecule has 0 spiro atoms. The molecule has 1 saturated heterocycles. The van der Waals surface area contributed by atoms with E-state index in [1.807, 2.05) is 61.5 Å². The van der Waals surface area contributed by atoms with Gasteiger partial charge in [0.2, 0.25) is 0 Å². The number of anilines is 1. The summed E-state index contributed by atoms with van der Waals surface area (Å²) in [6, 6.07) is 15.5. The minimum absolute atomic E-state index is 0.0639. The van der Waals surface area contributed by atoms with Crippen LogP contribution in [0, 0.1) is 6.92 Å². The Bertz CT molecular complexity index is 731. The predicted octanol–water partition coefficient (Wildman–Crippen LogP) is 4.25. The van der Waals surface area contributed by atoms with Gasteiger partial charge in [0, 0.05) is 10.7 Å². The molecule has 2 aromatic carbocycles. The Balaban J connectivity index is 1.75. The van der Waals surface area contributed by atoms with E-state index in [9.17, 15) is 4.79 Å². The van der Waals surface area contributed by atoms with E-state index in [1.54, 1.807) is 0 Å². The highest BCUT2D eigenvalue weighted by Gasteiger charge is 2.27. The van der Waals surface area contributed by atoms with Crippen molar-refractivity contribution < 1.29 is 4.79 Å². The Kier molecular flexibility index (Phi) is 4.41. The van der Waals surface area contributed by atoms with Gasteiger partial charge in [0.05, 0.1) is 4.91 Å². The summed E-state index contributed by atoms with van der Waals surface area (Å²) in [6.07, 6.45) is 1.90. The van der Waals surface area contributed by atoms with Gasteiger partial charge in [0.1, 0.15) is 0 Å². The van der Waals surface area contributed by atoms with Gasteiger partial charge >= 0.3 is 0 Å². The fourth-order valence-corrected chi connectivity index (χ4v) is 3.30. The van der Waals surface area contributed by atoms with E-state index < -0.39 is 0 Å². The molecule has 2 aromatic rings. The Labute approximate surface area is 138 Å². The van der Waals surface area contributed by atoms with E-state index in [2.05, 4.69) is 10.6 Å². The van der Waals surface area contributed by atoms with Crippen LogP contribution >= 0.6 is 23.4 Å². The van der Waals surface area contributed by atoms with E-state index >= 15 is 0 Å². The molecule has 0 saturated carbocycles. The summed E-state index contributed by atoms with van der Waals surface area (Å²) >= 11 is 7.49. The van der Waals surface area contributed by atoms with Crippen molar-refractivity contribution in [3.8, 4) is 0 Å². The van der Waals surface area contributed by atoms with E-state index in [0.29, 0.717) is 9.93 Å². The Morgan fingerprint density at radius 3 is 2.77 bits per heavy atom. The molecule has 5 heteroatoms. The molecular formula is C17H15ClN2OS. The van der Waals surface area contributed by atoms with Gasteiger partial charge in [-0.1, -0.05) is 59.8 Å². The Morgan fingerprint density at radius 2 is 2.00 bits per heavy atom. The Hall–Kier alpha value is -1.91. The van der Waals surface area contributed by atoms with E-state index in [1.165, 1.54) is 11.8 Å². The average molecular weight is 331 g/mol. The van der Waals surface area contributed by atoms with Gasteiger partial charge < -0.3 is 10.6 Å². The molecule has 0 aliphatic carbocycles. The number of benzene rings is 2. The number of halogens is 1. The maximum absolute atomic E-state index is 12.1. The fourth-order valence-electron chi connectivity index (χ4n) is 2.16. The lowest BCUT2D eigenvalue weighted by Gasteiger charge is -2.15. The van der Waals surface area contributed by atoms with Gasteiger partial charge in [-0.3, -0.25) is 4.79 Å². The molecule has 0 radical (unpaired) electrons. The lowest BCUT2D eigenvalue weighted by Crippen LogP contribution is -2.31. The molecular weight excluding hydrogens is 316 g/mol. The van der Waals surface area contributed by atoms with Crippen LogP contribution in [-0.2, 0) is 4.79 Å². The SMILES string of the molecule is Cc1ccc(Cl)cc1NC1NC(=O)/C(=C/c2ccccc2)S1. The van der Waals surface area contributed by atoms with Gasteiger partial charge in [-0.05, 0) is 36.3 Å². The van der Waals surface area contributed by atoms with E-state index in [0.717, 1.165) is 16.8 Å². The minimum atomic E-state index is -0.195. The molecule has 1 heterocycles. The van der Waals surface area contributed by atoms with Gasteiger partial charge in [-0.25, -0.2) is 0 Å². The number of carbonyl (C=O) groups is 1. The largest absolute Gasteiger partial charge is 0.356 e. The second-order valence-electron chi connectivity index (χ2n) is 4.99. The fraction of sp³-hybridized carbons (Fsp3) is 0.118. The van der Waals surface area contributed by atoms with Gasteiger partial charge in [-0.15, -0.1) is 0 Å². The van der Waals surface area contributed by atoms with Gasteiger partial charge in [-0.2, -0.15) is 0 Å². The van der Waals surface area contributed by atoms with Gasteiger partial charge in [0.15, 0.2) is 5.50 Å². The number of aryl methyl sites for hydroxylation is 1. The highest BCUT2D eigenvalue weighted by Crippen LogP contribution is 2.31. The highest BCUT2D eigenvalue weighted by atomic mass is 35.5. The lowest BCUT2D eigenvalue weighted by molar-refractivity contribution is -0.116. The smallest absolute Gasteiger partial charge is 0.260 e. The summed E-state index contributed by atoms with van der Waals surface area (Å²) in [5.74, 6) is -0.0639. The van der Waals surface area contributed by atoms with Crippen molar-refractivity contribution in [2.75, 3.05) is 5.32 Å². The molecule has 112 valence electrons. The van der Waals surface area contributed by atoms with Crippen LogP contribution in [0.25, 0.3) is 6.08 Å². The van der Waals surface area contributed by atoms with Crippen molar-refractivity contribution in [3.05, 3.63) is 69.6 Å². The first-order valence-electron chi connectivity index (χ1n) is 6.89. The zero-order chi connectivity index (χ0) is 15.5. The zero-order valence-corrected chi connectivity index (χ0v) is 13.5. The molecule has 3 nitrogen and oxygen atoms in total. The summed E-state index contributed by atoms with van der Waals surface area (Å²) in [5, 5.41) is 6.89. The van der Waals surface area contributed by atoms with Crippen LogP contribution in [0.3, 0.4) is 0 Å². The summed E-state index contributed by atoms with van der Waals surface area (Å²) in [4.78, 5) is 12.8. The van der Waals surface area contributed by atoms with Crippen LogP contribution in [0.1, 0.15) is 11.1 Å². The van der Waals surface area contributed by atoms with Crippen molar-refractivity contribution in [1.29, 1.82) is 0 Å². The number of hydrogen-bond donors (Lipinski definition) is 2. The lowest BCUT2D eigenvalue weighted by atomic mass is 10.2. The normalized spacial score (nSPS) is 19.3. The van der Waals surface area contributed by atoms with Crippen LogP contribution in [0.15, 0.2) is 53.4 Å². The topological polar surface area (TPSA) is 41.1 Å². The molecule has 3 rings (SSSR count). The van der Waals surface area contributed by atoms with Crippen LogP contribution in [0.4, 0.5) is 5.69 Å². The maximum Gasteiger partial charge on any atom is 0.260 e. The first-order chi connectivity index (χ1) is 10.6. The number of nitrogens with one attached hydrogen (secondary N) is 2. The maximum atomic E-state index is 12.1. The van der Waals surface area contributed by atoms with Crippen molar-refractivity contribution in [3.63, 3.8) is 0 Å².